The Morgan fingerprint density at radius 1 is 0.551 bits per heavy atom. The fourth-order valence-electron chi connectivity index (χ4n) is 5.57. The fraction of sp³-hybridized carbons (Fsp3) is 0.767. The van der Waals surface area contributed by atoms with Crippen molar-refractivity contribution in [3.63, 3.8) is 0 Å². The van der Waals surface area contributed by atoms with Crippen LogP contribution in [0.2, 0.25) is 0 Å². The normalized spacial score (nSPS) is 13.3. The van der Waals surface area contributed by atoms with Crippen LogP contribution in [0.15, 0.2) is 48.6 Å². The van der Waals surface area contributed by atoms with Crippen LogP contribution in [0.5, 0.6) is 0 Å². The van der Waals surface area contributed by atoms with Gasteiger partial charge in [-0.15, -0.1) is 0 Å². The molecule has 0 aliphatic carbocycles. The predicted molar refractivity (Wildman–Crippen MR) is 206 cm³/mol. The first-order valence-electron chi connectivity index (χ1n) is 20.3. The second kappa shape index (κ2) is 38.6. The number of carbonyl (C=O) groups is 2. The minimum absolute atomic E-state index is 0.105. The molecule has 0 radical (unpaired) electrons. The molecule has 6 heteroatoms. The monoisotopic (exact) mass is 689 g/mol. The van der Waals surface area contributed by atoms with E-state index in [-0.39, 0.29) is 31.3 Å². The Morgan fingerprint density at radius 2 is 1.00 bits per heavy atom. The highest BCUT2D eigenvalue weighted by atomic mass is 16.6. The molecule has 6 nitrogen and oxygen atoms in total. The number of aliphatic hydroxyl groups excluding tert-OH is 2. The second-order valence-corrected chi connectivity index (χ2v) is 13.5. The SMILES string of the molecule is CCCCCCCCCCCCCCCCCCCC(=O)O[C@@H](CO)COC(=O)CCC/C=C\C/C=C\C/C=C\C/C=C\[C@@H](O)CCCC. The molecule has 0 saturated carbocycles. The molecule has 0 amide bonds. The zero-order valence-corrected chi connectivity index (χ0v) is 31.8. The lowest BCUT2D eigenvalue weighted by molar-refractivity contribution is -0.161. The van der Waals surface area contributed by atoms with Gasteiger partial charge >= 0.3 is 11.9 Å². The number of allylic oxidation sites excluding steroid dienone is 7. The topological polar surface area (TPSA) is 93.1 Å². The van der Waals surface area contributed by atoms with Gasteiger partial charge < -0.3 is 19.7 Å². The van der Waals surface area contributed by atoms with E-state index in [0.717, 1.165) is 64.2 Å². The molecule has 0 rings (SSSR count). The average molecular weight is 689 g/mol. The Labute approximate surface area is 301 Å². The van der Waals surface area contributed by atoms with Crippen LogP contribution in [0.3, 0.4) is 0 Å². The first kappa shape index (κ1) is 46.8. The molecule has 0 heterocycles. The van der Waals surface area contributed by atoms with E-state index in [1.54, 1.807) is 0 Å². The van der Waals surface area contributed by atoms with Gasteiger partial charge in [-0.25, -0.2) is 0 Å². The summed E-state index contributed by atoms with van der Waals surface area (Å²) < 4.78 is 10.6. The van der Waals surface area contributed by atoms with Crippen molar-refractivity contribution in [1.82, 2.24) is 0 Å². The molecule has 0 aromatic heterocycles. The van der Waals surface area contributed by atoms with E-state index in [1.807, 2.05) is 12.2 Å². The number of ether oxygens (including phenoxy) is 2. The van der Waals surface area contributed by atoms with E-state index in [9.17, 15) is 19.8 Å². The third-order valence-corrected chi connectivity index (χ3v) is 8.70. The summed E-state index contributed by atoms with van der Waals surface area (Å²) in [5, 5.41) is 19.3. The molecule has 0 saturated heterocycles. The van der Waals surface area contributed by atoms with Crippen molar-refractivity contribution in [3.8, 4) is 0 Å². The lowest BCUT2D eigenvalue weighted by Crippen LogP contribution is -2.28. The Kier molecular flexibility index (Phi) is 36.9. The van der Waals surface area contributed by atoms with Crippen LogP contribution in [-0.2, 0) is 19.1 Å². The summed E-state index contributed by atoms with van der Waals surface area (Å²) in [7, 11) is 0. The number of aliphatic hydroxyl groups is 2. The molecule has 284 valence electrons. The van der Waals surface area contributed by atoms with Crippen molar-refractivity contribution in [1.29, 1.82) is 0 Å². The van der Waals surface area contributed by atoms with Crippen molar-refractivity contribution in [2.75, 3.05) is 13.2 Å². The molecule has 0 aromatic carbocycles. The van der Waals surface area contributed by atoms with Gasteiger partial charge in [0.1, 0.15) is 6.61 Å². The molecule has 0 fully saturated rings. The quantitative estimate of drug-likeness (QED) is 0.0387. The molecule has 0 aliphatic rings. The van der Waals surface area contributed by atoms with Crippen LogP contribution in [0.25, 0.3) is 0 Å². The molecule has 0 unspecified atom stereocenters. The van der Waals surface area contributed by atoms with Crippen LogP contribution < -0.4 is 0 Å². The summed E-state index contributed by atoms with van der Waals surface area (Å²) in [5.74, 6) is -0.676. The third kappa shape index (κ3) is 36.9. The van der Waals surface area contributed by atoms with Crippen molar-refractivity contribution in [2.45, 2.75) is 199 Å². The van der Waals surface area contributed by atoms with Gasteiger partial charge in [0.25, 0.3) is 0 Å². The minimum Gasteiger partial charge on any atom is -0.462 e. The van der Waals surface area contributed by atoms with Crippen LogP contribution in [0.4, 0.5) is 0 Å². The van der Waals surface area contributed by atoms with E-state index < -0.39 is 6.10 Å². The van der Waals surface area contributed by atoms with Crippen LogP contribution >= 0.6 is 0 Å². The molecule has 0 aromatic rings. The Balaban J connectivity index is 3.66. The van der Waals surface area contributed by atoms with Gasteiger partial charge in [-0.3, -0.25) is 9.59 Å². The minimum atomic E-state index is -0.802. The van der Waals surface area contributed by atoms with Gasteiger partial charge in [0.15, 0.2) is 6.10 Å². The third-order valence-electron chi connectivity index (χ3n) is 8.70. The summed E-state index contributed by atoms with van der Waals surface area (Å²) in [6.07, 6.45) is 45.1. The van der Waals surface area contributed by atoms with Gasteiger partial charge in [0, 0.05) is 12.8 Å². The smallest absolute Gasteiger partial charge is 0.306 e. The number of hydrogen-bond acceptors (Lipinski definition) is 6. The van der Waals surface area contributed by atoms with E-state index in [2.05, 4.69) is 50.3 Å². The Hall–Kier alpha value is -2.18. The van der Waals surface area contributed by atoms with E-state index in [0.29, 0.717) is 19.3 Å². The first-order valence-corrected chi connectivity index (χ1v) is 20.3. The molecule has 2 N–H and O–H groups in total. The fourth-order valence-corrected chi connectivity index (χ4v) is 5.57. The zero-order chi connectivity index (χ0) is 35.9. The molecule has 2 atom stereocenters. The van der Waals surface area contributed by atoms with Gasteiger partial charge in [-0.05, 0) is 44.9 Å². The largest absolute Gasteiger partial charge is 0.462 e. The summed E-state index contributed by atoms with van der Waals surface area (Å²) in [4.78, 5) is 24.2. The number of carbonyl (C=O) groups excluding carboxylic acids is 2. The maximum Gasteiger partial charge on any atom is 0.306 e. The molecular weight excluding hydrogens is 612 g/mol. The zero-order valence-electron chi connectivity index (χ0n) is 31.8. The highest BCUT2D eigenvalue weighted by Crippen LogP contribution is 2.15. The maximum atomic E-state index is 12.2. The number of unbranched alkanes of at least 4 members (excludes halogenated alkanes) is 18. The highest BCUT2D eigenvalue weighted by Gasteiger charge is 2.16. The van der Waals surface area contributed by atoms with E-state index in [1.165, 1.54) is 89.9 Å². The number of esters is 2. The van der Waals surface area contributed by atoms with Gasteiger partial charge in [-0.1, -0.05) is 178 Å². The maximum absolute atomic E-state index is 12.2. The molecule has 49 heavy (non-hydrogen) atoms. The lowest BCUT2D eigenvalue weighted by Gasteiger charge is -2.15. The summed E-state index contributed by atoms with van der Waals surface area (Å²) >= 11 is 0. The van der Waals surface area contributed by atoms with Gasteiger partial charge in [0.05, 0.1) is 12.7 Å². The molecule has 0 spiro atoms. The second-order valence-electron chi connectivity index (χ2n) is 13.5. The van der Waals surface area contributed by atoms with Crippen molar-refractivity contribution in [2.24, 2.45) is 0 Å². The summed E-state index contributed by atoms with van der Waals surface area (Å²) in [6.45, 7) is 3.94. The summed E-state index contributed by atoms with van der Waals surface area (Å²) in [5.41, 5.74) is 0. The Morgan fingerprint density at radius 3 is 1.51 bits per heavy atom. The number of hydrogen-bond donors (Lipinski definition) is 2. The van der Waals surface area contributed by atoms with Gasteiger partial charge in [0.2, 0.25) is 0 Å². The van der Waals surface area contributed by atoms with Crippen LogP contribution in [0.1, 0.15) is 187 Å². The Bertz CT molecular complexity index is 845. The highest BCUT2D eigenvalue weighted by molar-refractivity contribution is 5.70. The van der Waals surface area contributed by atoms with Crippen LogP contribution in [-0.4, -0.2) is 47.6 Å². The summed E-state index contributed by atoms with van der Waals surface area (Å²) in [6, 6.07) is 0. The standard InChI is InChI=1S/C43H76O6/c1-3-5-7-8-9-10-11-12-13-14-15-16-21-24-27-30-33-37-43(47)49-41(38-44)39-48-42(46)36-32-29-26-23-20-18-17-19-22-25-28-31-35-40(45)34-6-4-2/h17-18,22-23,25-26,31,35,40-41,44-45H,3-16,19-21,24,27-30,32-34,36-39H2,1-2H3/b18-17-,25-22-,26-23-,35-31-/t40-,41-/m0/s1. The van der Waals surface area contributed by atoms with Crippen molar-refractivity contribution >= 4 is 11.9 Å². The van der Waals surface area contributed by atoms with E-state index in [4.69, 9.17) is 9.47 Å². The first-order chi connectivity index (χ1) is 24.0. The van der Waals surface area contributed by atoms with E-state index >= 15 is 0 Å². The van der Waals surface area contributed by atoms with Crippen molar-refractivity contribution < 1.29 is 29.3 Å². The average Bonchev–Trinajstić information content (AvgIpc) is 3.10. The van der Waals surface area contributed by atoms with Gasteiger partial charge in [-0.2, -0.15) is 0 Å². The van der Waals surface area contributed by atoms with Crippen molar-refractivity contribution in [3.05, 3.63) is 48.6 Å². The van der Waals surface area contributed by atoms with Crippen LogP contribution in [0, 0.1) is 0 Å². The molecular formula is C43H76O6. The lowest BCUT2D eigenvalue weighted by atomic mass is 10.0. The predicted octanol–water partition coefficient (Wildman–Crippen LogP) is 11.6. The molecule has 0 bridgehead atoms. The number of rotatable bonds is 36. The molecule has 0 aliphatic heterocycles.